The van der Waals surface area contributed by atoms with E-state index in [4.69, 9.17) is 4.74 Å². The van der Waals surface area contributed by atoms with Gasteiger partial charge in [0.1, 0.15) is 5.75 Å². The average molecular weight is 492 g/mol. The Morgan fingerprint density at radius 2 is 1.96 bits per heavy atom. The van der Waals surface area contributed by atoms with Crippen molar-refractivity contribution in [2.75, 3.05) is 20.2 Å². The third kappa shape index (κ3) is 6.15. The van der Waals surface area contributed by atoms with Crippen molar-refractivity contribution in [2.24, 2.45) is 4.99 Å². The smallest absolute Gasteiger partial charge is 0.191 e. The average Bonchev–Trinajstić information content (AvgIpc) is 3.12. The molecule has 0 bridgehead atoms. The van der Waals surface area contributed by atoms with Crippen molar-refractivity contribution in [3.8, 4) is 5.75 Å². The Hall–Kier alpha value is -2.22. The second-order valence-electron chi connectivity index (χ2n) is 6.44. The van der Waals surface area contributed by atoms with Crippen molar-refractivity contribution in [1.82, 2.24) is 15.6 Å². The minimum Gasteiger partial charge on any atom is -0.497 e. The lowest BCUT2D eigenvalue weighted by molar-refractivity contribution is 0.414. The summed E-state index contributed by atoms with van der Waals surface area (Å²) in [6, 6.07) is 16.5. The lowest BCUT2D eigenvalue weighted by atomic mass is 10.1. The van der Waals surface area contributed by atoms with Gasteiger partial charge in [0.15, 0.2) is 5.96 Å². The van der Waals surface area contributed by atoms with Crippen molar-refractivity contribution in [2.45, 2.75) is 26.3 Å². The summed E-state index contributed by atoms with van der Waals surface area (Å²) in [6.07, 6.45) is 4.20. The molecule has 0 radical (unpaired) electrons. The van der Waals surface area contributed by atoms with Crippen LogP contribution in [-0.4, -0.2) is 31.1 Å². The van der Waals surface area contributed by atoms with Gasteiger partial charge in [-0.15, -0.1) is 24.0 Å². The summed E-state index contributed by atoms with van der Waals surface area (Å²) in [4.78, 5) is 8.02. The predicted octanol–water partition coefficient (Wildman–Crippen LogP) is 4.48. The van der Waals surface area contributed by atoms with Crippen molar-refractivity contribution >= 4 is 40.8 Å². The first-order chi connectivity index (χ1) is 13.3. The summed E-state index contributed by atoms with van der Waals surface area (Å²) in [7, 11) is 1.68. The highest BCUT2D eigenvalue weighted by molar-refractivity contribution is 14.0. The molecule has 0 atom stereocenters. The number of aryl methyl sites for hydroxylation is 1. The van der Waals surface area contributed by atoms with E-state index in [-0.39, 0.29) is 24.0 Å². The SMILES string of the molecule is CCNC(=NCc1cccc(OC)c1)NCCCc1c[nH]c2ccccc12.I. The summed E-state index contributed by atoms with van der Waals surface area (Å²) in [5.74, 6) is 1.71. The summed E-state index contributed by atoms with van der Waals surface area (Å²) < 4.78 is 5.27. The number of ether oxygens (including phenoxy) is 1. The van der Waals surface area contributed by atoms with E-state index in [1.165, 1.54) is 16.5 Å². The Bertz CT molecular complexity index is 891. The molecule has 1 heterocycles. The van der Waals surface area contributed by atoms with Gasteiger partial charge in [0.25, 0.3) is 0 Å². The van der Waals surface area contributed by atoms with Crippen LogP contribution in [0.2, 0.25) is 0 Å². The number of para-hydroxylation sites is 1. The molecule has 2 aromatic carbocycles. The number of benzene rings is 2. The monoisotopic (exact) mass is 492 g/mol. The highest BCUT2D eigenvalue weighted by Crippen LogP contribution is 2.18. The molecule has 3 rings (SSSR count). The summed E-state index contributed by atoms with van der Waals surface area (Å²) in [5.41, 5.74) is 3.70. The standard InChI is InChI=1S/C22H28N4O.HI/c1-3-23-22(26-15-17-8-6-10-19(14-17)27-2)24-13-7-9-18-16-25-21-12-5-4-11-20(18)21;/h4-6,8,10-12,14,16,25H,3,7,9,13,15H2,1-2H3,(H2,23,24,26);1H. The van der Waals surface area contributed by atoms with Gasteiger partial charge in [0, 0.05) is 30.2 Å². The Kier molecular flexibility index (Phi) is 9.13. The fourth-order valence-corrected chi connectivity index (χ4v) is 3.11. The van der Waals surface area contributed by atoms with Crippen molar-refractivity contribution in [1.29, 1.82) is 0 Å². The van der Waals surface area contributed by atoms with Crippen molar-refractivity contribution in [3.63, 3.8) is 0 Å². The summed E-state index contributed by atoms with van der Waals surface area (Å²) in [6.45, 7) is 4.42. The van der Waals surface area contributed by atoms with Gasteiger partial charge < -0.3 is 20.4 Å². The fourth-order valence-electron chi connectivity index (χ4n) is 3.11. The van der Waals surface area contributed by atoms with E-state index in [1.54, 1.807) is 7.11 Å². The van der Waals surface area contributed by atoms with E-state index < -0.39 is 0 Å². The van der Waals surface area contributed by atoms with Crippen LogP contribution < -0.4 is 15.4 Å². The first-order valence-corrected chi connectivity index (χ1v) is 9.50. The number of aromatic nitrogens is 1. The zero-order valence-electron chi connectivity index (χ0n) is 16.5. The number of methoxy groups -OCH3 is 1. The molecule has 6 heteroatoms. The first-order valence-electron chi connectivity index (χ1n) is 9.50. The number of guanidine groups is 1. The molecule has 0 spiro atoms. The molecule has 0 aliphatic heterocycles. The number of nitrogens with one attached hydrogen (secondary N) is 3. The third-order valence-corrected chi connectivity index (χ3v) is 4.49. The van der Waals surface area contributed by atoms with Crippen LogP contribution in [0.4, 0.5) is 0 Å². The van der Waals surface area contributed by atoms with Crippen LogP contribution in [0.25, 0.3) is 10.9 Å². The lowest BCUT2D eigenvalue weighted by Gasteiger charge is -2.11. The molecule has 0 amide bonds. The highest BCUT2D eigenvalue weighted by Gasteiger charge is 2.03. The van der Waals surface area contributed by atoms with Crippen LogP contribution in [0.1, 0.15) is 24.5 Å². The molecule has 0 aliphatic rings. The Morgan fingerprint density at radius 1 is 1.11 bits per heavy atom. The van der Waals surface area contributed by atoms with Crippen LogP contribution in [-0.2, 0) is 13.0 Å². The topological polar surface area (TPSA) is 61.4 Å². The number of nitrogens with zero attached hydrogens (tertiary/aromatic N) is 1. The number of rotatable bonds is 8. The molecule has 3 N–H and O–H groups in total. The first kappa shape index (κ1) is 22.1. The molecule has 0 saturated carbocycles. The largest absolute Gasteiger partial charge is 0.497 e. The predicted molar refractivity (Wildman–Crippen MR) is 128 cm³/mol. The van der Waals surface area contributed by atoms with Gasteiger partial charge in [0.05, 0.1) is 13.7 Å². The summed E-state index contributed by atoms with van der Waals surface area (Å²) in [5, 5.41) is 8.05. The van der Waals surface area contributed by atoms with E-state index in [0.29, 0.717) is 6.54 Å². The molecule has 1 aromatic heterocycles. The summed E-state index contributed by atoms with van der Waals surface area (Å²) >= 11 is 0. The molecule has 28 heavy (non-hydrogen) atoms. The molecule has 3 aromatic rings. The van der Waals surface area contributed by atoms with Gasteiger partial charge in [-0.1, -0.05) is 30.3 Å². The van der Waals surface area contributed by atoms with Gasteiger partial charge in [-0.2, -0.15) is 0 Å². The van der Waals surface area contributed by atoms with E-state index in [1.807, 2.05) is 18.2 Å². The van der Waals surface area contributed by atoms with Gasteiger partial charge in [-0.3, -0.25) is 0 Å². The zero-order valence-corrected chi connectivity index (χ0v) is 18.8. The Labute approximate surface area is 184 Å². The van der Waals surface area contributed by atoms with Crippen LogP contribution >= 0.6 is 24.0 Å². The highest BCUT2D eigenvalue weighted by atomic mass is 127. The van der Waals surface area contributed by atoms with Crippen LogP contribution in [0, 0.1) is 0 Å². The number of aliphatic imine (C=N–C) groups is 1. The number of H-pyrrole nitrogens is 1. The number of hydrogen-bond acceptors (Lipinski definition) is 2. The van der Waals surface area contributed by atoms with Crippen molar-refractivity contribution in [3.05, 3.63) is 65.9 Å². The van der Waals surface area contributed by atoms with E-state index >= 15 is 0 Å². The second-order valence-corrected chi connectivity index (χ2v) is 6.44. The maximum atomic E-state index is 5.27. The molecule has 0 fully saturated rings. The van der Waals surface area contributed by atoms with Gasteiger partial charge in [-0.05, 0) is 49.1 Å². The quantitative estimate of drug-likeness (QED) is 0.188. The maximum Gasteiger partial charge on any atom is 0.191 e. The minimum atomic E-state index is 0. The number of fused-ring (bicyclic) bond motifs is 1. The molecular formula is C22H29IN4O. The fraction of sp³-hybridized carbons (Fsp3) is 0.318. The zero-order chi connectivity index (χ0) is 18.9. The van der Waals surface area contributed by atoms with Crippen LogP contribution in [0.15, 0.2) is 59.7 Å². The van der Waals surface area contributed by atoms with E-state index in [9.17, 15) is 0 Å². The Morgan fingerprint density at radius 3 is 2.79 bits per heavy atom. The molecular weight excluding hydrogens is 463 g/mol. The van der Waals surface area contributed by atoms with Gasteiger partial charge >= 0.3 is 0 Å². The molecule has 150 valence electrons. The normalized spacial score (nSPS) is 11.1. The number of halogens is 1. The minimum absolute atomic E-state index is 0. The molecule has 0 aliphatic carbocycles. The van der Waals surface area contributed by atoms with Gasteiger partial charge in [0.2, 0.25) is 0 Å². The van der Waals surface area contributed by atoms with Crippen LogP contribution in [0.3, 0.4) is 0 Å². The van der Waals surface area contributed by atoms with Crippen LogP contribution in [0.5, 0.6) is 5.75 Å². The van der Waals surface area contributed by atoms with Gasteiger partial charge in [-0.25, -0.2) is 4.99 Å². The second kappa shape index (κ2) is 11.6. The number of aromatic amines is 1. The Balaban J connectivity index is 0.00000280. The molecule has 0 saturated heterocycles. The maximum absolute atomic E-state index is 5.27. The number of hydrogen-bond donors (Lipinski definition) is 3. The van der Waals surface area contributed by atoms with E-state index in [0.717, 1.165) is 43.2 Å². The molecule has 5 nitrogen and oxygen atoms in total. The molecule has 0 unspecified atom stereocenters. The lowest BCUT2D eigenvalue weighted by Crippen LogP contribution is -2.37. The van der Waals surface area contributed by atoms with E-state index in [2.05, 4.69) is 64.1 Å². The van der Waals surface area contributed by atoms with Crippen molar-refractivity contribution < 1.29 is 4.74 Å². The third-order valence-electron chi connectivity index (χ3n) is 4.49.